The number of ether oxygens (including phenoxy) is 1. The second-order valence-electron chi connectivity index (χ2n) is 3.90. The molecular weight excluding hydrogens is 228 g/mol. The highest BCUT2D eigenvalue weighted by atomic mass is 35.5. The zero-order valence-corrected chi connectivity index (χ0v) is 10.8. The lowest BCUT2D eigenvalue weighted by Gasteiger charge is -2.10. The fraction of sp³-hybridized carbons (Fsp3) is 0.909. The molecule has 16 heavy (non-hydrogen) atoms. The van der Waals surface area contributed by atoms with Crippen LogP contribution in [0.3, 0.4) is 0 Å². The van der Waals surface area contributed by atoms with E-state index in [-0.39, 0.29) is 18.3 Å². The van der Waals surface area contributed by atoms with E-state index < -0.39 is 0 Å². The van der Waals surface area contributed by atoms with E-state index >= 15 is 0 Å². The highest BCUT2D eigenvalue weighted by Gasteiger charge is 2.16. The van der Waals surface area contributed by atoms with Crippen LogP contribution in [0.2, 0.25) is 0 Å². The summed E-state index contributed by atoms with van der Waals surface area (Å²) in [5, 5.41) is 6.22. The van der Waals surface area contributed by atoms with Crippen molar-refractivity contribution in [2.75, 3.05) is 26.3 Å². The zero-order valence-electron chi connectivity index (χ0n) is 9.96. The Morgan fingerprint density at radius 3 is 3.00 bits per heavy atom. The molecule has 1 saturated heterocycles. The third-order valence-electron chi connectivity index (χ3n) is 2.59. The lowest BCUT2D eigenvalue weighted by Crippen LogP contribution is -2.32. The highest BCUT2D eigenvalue weighted by molar-refractivity contribution is 5.85. The number of nitrogens with one attached hydrogen (secondary N) is 2. The van der Waals surface area contributed by atoms with E-state index in [4.69, 9.17) is 4.74 Å². The van der Waals surface area contributed by atoms with E-state index in [1.807, 2.05) is 6.92 Å². The van der Waals surface area contributed by atoms with Gasteiger partial charge in [-0.1, -0.05) is 0 Å². The van der Waals surface area contributed by atoms with Gasteiger partial charge in [0.15, 0.2) is 0 Å². The average Bonchev–Trinajstić information content (AvgIpc) is 2.70. The minimum atomic E-state index is 0. The molecule has 1 heterocycles. The minimum Gasteiger partial charge on any atom is -0.382 e. The van der Waals surface area contributed by atoms with Crippen LogP contribution < -0.4 is 10.6 Å². The van der Waals surface area contributed by atoms with Gasteiger partial charge in [-0.2, -0.15) is 0 Å². The molecule has 5 heteroatoms. The first-order valence-corrected chi connectivity index (χ1v) is 5.90. The van der Waals surface area contributed by atoms with Crippen LogP contribution in [-0.4, -0.2) is 38.3 Å². The molecule has 0 aliphatic carbocycles. The molecule has 1 aliphatic rings. The highest BCUT2D eigenvalue weighted by Crippen LogP contribution is 2.07. The van der Waals surface area contributed by atoms with E-state index in [0.29, 0.717) is 12.5 Å². The van der Waals surface area contributed by atoms with Crippen LogP contribution in [0.4, 0.5) is 0 Å². The maximum atomic E-state index is 11.4. The lowest BCUT2D eigenvalue weighted by molar-refractivity contribution is -0.121. The Labute approximate surface area is 104 Å². The Morgan fingerprint density at radius 1 is 1.56 bits per heavy atom. The maximum absolute atomic E-state index is 11.4. The molecule has 0 aromatic rings. The molecule has 0 saturated carbocycles. The van der Waals surface area contributed by atoms with Crippen molar-refractivity contribution in [1.82, 2.24) is 10.6 Å². The smallest absolute Gasteiger partial charge is 0.221 e. The van der Waals surface area contributed by atoms with Gasteiger partial charge in [0.05, 0.1) is 0 Å². The number of hydrogen-bond acceptors (Lipinski definition) is 3. The van der Waals surface area contributed by atoms with Crippen LogP contribution in [0.15, 0.2) is 0 Å². The lowest BCUT2D eigenvalue weighted by atomic mass is 10.1. The predicted molar refractivity (Wildman–Crippen MR) is 67.0 cm³/mol. The van der Waals surface area contributed by atoms with Crippen LogP contribution in [0.5, 0.6) is 0 Å². The summed E-state index contributed by atoms with van der Waals surface area (Å²) in [4.78, 5) is 11.4. The van der Waals surface area contributed by atoms with Crippen molar-refractivity contribution in [2.45, 2.75) is 38.6 Å². The van der Waals surface area contributed by atoms with Gasteiger partial charge < -0.3 is 15.4 Å². The summed E-state index contributed by atoms with van der Waals surface area (Å²) in [5.74, 6) is 0.158. The van der Waals surface area contributed by atoms with Crippen molar-refractivity contribution >= 4 is 18.3 Å². The molecule has 1 atom stereocenters. The monoisotopic (exact) mass is 250 g/mol. The molecule has 2 N–H and O–H groups in total. The normalized spacial score (nSPS) is 19.2. The number of amides is 1. The molecule has 0 radical (unpaired) electrons. The van der Waals surface area contributed by atoms with Crippen molar-refractivity contribution in [1.29, 1.82) is 0 Å². The summed E-state index contributed by atoms with van der Waals surface area (Å²) in [6, 6.07) is 0.400. The SMILES string of the molecule is CCOCCCNC(=O)CC1CCCN1.Cl. The van der Waals surface area contributed by atoms with Crippen molar-refractivity contribution < 1.29 is 9.53 Å². The number of halogens is 1. The molecule has 0 aromatic carbocycles. The molecule has 4 nitrogen and oxygen atoms in total. The average molecular weight is 251 g/mol. The first kappa shape index (κ1) is 15.7. The van der Waals surface area contributed by atoms with E-state index in [1.54, 1.807) is 0 Å². The van der Waals surface area contributed by atoms with Crippen molar-refractivity contribution in [3.8, 4) is 0 Å². The van der Waals surface area contributed by atoms with Gasteiger partial charge in [0, 0.05) is 32.2 Å². The van der Waals surface area contributed by atoms with Gasteiger partial charge in [-0.15, -0.1) is 12.4 Å². The molecule has 96 valence electrons. The number of carbonyl (C=O) groups excluding carboxylic acids is 1. The predicted octanol–water partition coefficient (Wildman–Crippen LogP) is 1.09. The van der Waals surface area contributed by atoms with Crippen molar-refractivity contribution in [3.05, 3.63) is 0 Å². The van der Waals surface area contributed by atoms with Gasteiger partial charge in [0.2, 0.25) is 5.91 Å². The number of rotatable bonds is 7. The molecule has 1 fully saturated rings. The Kier molecular flexibility index (Phi) is 9.68. The second kappa shape index (κ2) is 9.87. The fourth-order valence-electron chi connectivity index (χ4n) is 1.77. The fourth-order valence-corrected chi connectivity index (χ4v) is 1.77. The summed E-state index contributed by atoms with van der Waals surface area (Å²) in [6.07, 6.45) is 3.85. The van der Waals surface area contributed by atoms with Gasteiger partial charge in [0.1, 0.15) is 0 Å². The Morgan fingerprint density at radius 2 is 2.38 bits per heavy atom. The van der Waals surface area contributed by atoms with E-state index in [2.05, 4.69) is 10.6 Å². The molecule has 1 aliphatic heterocycles. The largest absolute Gasteiger partial charge is 0.382 e. The summed E-state index contributed by atoms with van der Waals surface area (Å²) >= 11 is 0. The maximum Gasteiger partial charge on any atom is 0.221 e. The molecule has 0 spiro atoms. The van der Waals surface area contributed by atoms with Crippen molar-refractivity contribution in [3.63, 3.8) is 0 Å². The van der Waals surface area contributed by atoms with Gasteiger partial charge in [-0.3, -0.25) is 4.79 Å². The topological polar surface area (TPSA) is 50.4 Å². The van der Waals surface area contributed by atoms with E-state index in [0.717, 1.165) is 39.1 Å². The Bertz CT molecular complexity index is 185. The minimum absolute atomic E-state index is 0. The van der Waals surface area contributed by atoms with Gasteiger partial charge in [-0.05, 0) is 32.7 Å². The van der Waals surface area contributed by atoms with E-state index in [1.165, 1.54) is 6.42 Å². The zero-order chi connectivity index (χ0) is 10.9. The first-order valence-electron chi connectivity index (χ1n) is 5.90. The summed E-state index contributed by atoms with van der Waals surface area (Å²) in [5.41, 5.74) is 0. The van der Waals surface area contributed by atoms with Crippen molar-refractivity contribution in [2.24, 2.45) is 0 Å². The summed E-state index contributed by atoms with van der Waals surface area (Å²) in [6.45, 7) is 5.25. The van der Waals surface area contributed by atoms with Crippen LogP contribution in [-0.2, 0) is 9.53 Å². The summed E-state index contributed by atoms with van der Waals surface area (Å²) in [7, 11) is 0. The molecule has 1 rings (SSSR count). The second-order valence-corrected chi connectivity index (χ2v) is 3.90. The molecular formula is C11H23ClN2O2. The van der Waals surface area contributed by atoms with Gasteiger partial charge >= 0.3 is 0 Å². The van der Waals surface area contributed by atoms with Crippen LogP contribution in [0.1, 0.15) is 32.6 Å². The molecule has 0 aromatic heterocycles. The Balaban J connectivity index is 0.00000225. The quantitative estimate of drug-likeness (QED) is 0.666. The number of hydrogen-bond donors (Lipinski definition) is 2. The van der Waals surface area contributed by atoms with Gasteiger partial charge in [-0.25, -0.2) is 0 Å². The molecule has 1 unspecified atom stereocenters. The third-order valence-corrected chi connectivity index (χ3v) is 2.59. The Hall–Kier alpha value is -0.320. The standard InChI is InChI=1S/C11H22N2O2.ClH/c1-2-15-8-4-7-13-11(14)9-10-5-3-6-12-10;/h10,12H,2-9H2,1H3,(H,13,14);1H. The molecule has 1 amide bonds. The van der Waals surface area contributed by atoms with Crippen LogP contribution >= 0.6 is 12.4 Å². The molecule has 0 bridgehead atoms. The van der Waals surface area contributed by atoms with Crippen LogP contribution in [0, 0.1) is 0 Å². The van der Waals surface area contributed by atoms with Crippen LogP contribution in [0.25, 0.3) is 0 Å². The van der Waals surface area contributed by atoms with Gasteiger partial charge in [0.25, 0.3) is 0 Å². The number of carbonyl (C=O) groups is 1. The summed E-state index contributed by atoms with van der Waals surface area (Å²) < 4.78 is 5.19. The third kappa shape index (κ3) is 7.04. The first-order chi connectivity index (χ1) is 7.33. The van der Waals surface area contributed by atoms with E-state index in [9.17, 15) is 4.79 Å².